The second-order valence-electron chi connectivity index (χ2n) is 4.26. The van der Waals surface area contributed by atoms with Gasteiger partial charge in [-0.3, -0.25) is 0 Å². The number of benzene rings is 2. The molecule has 20 heavy (non-hydrogen) atoms. The number of aliphatic carboxylic acids is 1. The monoisotopic (exact) mass is 272 g/mol. The van der Waals surface area contributed by atoms with Crippen molar-refractivity contribution in [1.82, 2.24) is 0 Å². The first-order valence-corrected chi connectivity index (χ1v) is 6.00. The molecule has 0 fully saturated rings. The largest absolute Gasteiger partial charge is 0.478 e. The van der Waals surface area contributed by atoms with Crippen LogP contribution in [-0.2, 0) is 4.79 Å². The van der Waals surface area contributed by atoms with Crippen LogP contribution < -0.4 is 4.74 Å². The molecule has 4 heteroatoms. The maximum Gasteiger partial charge on any atom is 0.331 e. The predicted octanol–water partition coefficient (Wildman–Crippen LogP) is 4.11. The summed E-state index contributed by atoms with van der Waals surface area (Å²) in [4.78, 5) is 10.7. The predicted molar refractivity (Wildman–Crippen MR) is 74.2 cm³/mol. The molecule has 0 aliphatic carbocycles. The van der Waals surface area contributed by atoms with E-state index in [1.807, 2.05) is 0 Å². The molecule has 102 valence electrons. The molecule has 0 unspecified atom stereocenters. The van der Waals surface area contributed by atoms with E-state index < -0.39 is 5.97 Å². The Kier molecular flexibility index (Phi) is 4.15. The van der Waals surface area contributed by atoms with Crippen LogP contribution in [0.1, 0.15) is 12.5 Å². The molecule has 2 rings (SSSR count). The molecule has 0 aromatic heterocycles. The summed E-state index contributed by atoms with van der Waals surface area (Å²) in [5.41, 5.74) is 1.04. The van der Waals surface area contributed by atoms with Crippen molar-refractivity contribution in [2.75, 3.05) is 0 Å². The Hall–Kier alpha value is -2.62. The fraction of sp³-hybridized carbons (Fsp3) is 0.0625. The van der Waals surface area contributed by atoms with Gasteiger partial charge in [0.25, 0.3) is 0 Å². The first-order valence-electron chi connectivity index (χ1n) is 6.00. The van der Waals surface area contributed by atoms with Crippen LogP contribution in [0.3, 0.4) is 0 Å². The average Bonchev–Trinajstić information content (AvgIpc) is 2.43. The van der Waals surface area contributed by atoms with Crippen molar-refractivity contribution >= 4 is 12.0 Å². The maximum absolute atomic E-state index is 12.8. The number of carbonyl (C=O) groups is 1. The van der Waals surface area contributed by atoms with Gasteiger partial charge in [0.05, 0.1) is 0 Å². The van der Waals surface area contributed by atoms with Gasteiger partial charge in [0.15, 0.2) is 0 Å². The van der Waals surface area contributed by atoms with Crippen molar-refractivity contribution in [3.63, 3.8) is 0 Å². The van der Waals surface area contributed by atoms with Crippen molar-refractivity contribution in [3.05, 3.63) is 65.5 Å². The number of halogens is 1. The number of ether oxygens (including phenoxy) is 1. The normalized spacial score (nSPS) is 11.2. The zero-order chi connectivity index (χ0) is 14.5. The maximum atomic E-state index is 12.8. The van der Waals surface area contributed by atoms with E-state index in [0.717, 1.165) is 5.56 Å². The standard InChI is InChI=1S/C16H13FO3/c1-11(16(18)19)10-12-2-6-14(7-3-12)20-15-8-4-13(17)5-9-15/h2-10H,1H3,(H,18,19)/b11-10+. The molecule has 2 aromatic rings. The minimum absolute atomic E-state index is 0.261. The second kappa shape index (κ2) is 6.02. The van der Waals surface area contributed by atoms with E-state index in [0.29, 0.717) is 11.5 Å². The zero-order valence-corrected chi connectivity index (χ0v) is 10.8. The van der Waals surface area contributed by atoms with E-state index in [2.05, 4.69) is 0 Å². The van der Waals surface area contributed by atoms with Gasteiger partial charge in [-0.15, -0.1) is 0 Å². The van der Waals surface area contributed by atoms with Gasteiger partial charge in [-0.05, 0) is 55.0 Å². The van der Waals surface area contributed by atoms with Crippen LogP contribution in [0.25, 0.3) is 6.08 Å². The van der Waals surface area contributed by atoms with Gasteiger partial charge in [0.2, 0.25) is 0 Å². The summed E-state index contributed by atoms with van der Waals surface area (Å²) in [6.45, 7) is 1.53. The SMILES string of the molecule is C/C(=C\c1ccc(Oc2ccc(F)cc2)cc1)C(=O)O. The molecule has 0 aliphatic rings. The second-order valence-corrected chi connectivity index (χ2v) is 4.26. The first-order chi connectivity index (χ1) is 9.54. The van der Waals surface area contributed by atoms with Crippen molar-refractivity contribution < 1.29 is 19.0 Å². The van der Waals surface area contributed by atoms with Crippen molar-refractivity contribution in [2.24, 2.45) is 0 Å². The third kappa shape index (κ3) is 3.68. The summed E-state index contributed by atoms with van der Waals surface area (Å²) < 4.78 is 18.3. The number of carboxylic acids is 1. The van der Waals surface area contributed by atoms with Crippen molar-refractivity contribution in [3.8, 4) is 11.5 Å². The summed E-state index contributed by atoms with van der Waals surface area (Å²) in [5.74, 6) is -0.128. The van der Waals surface area contributed by atoms with Crippen LogP contribution in [0.2, 0.25) is 0 Å². The lowest BCUT2D eigenvalue weighted by Gasteiger charge is -2.05. The average molecular weight is 272 g/mol. The molecule has 0 radical (unpaired) electrons. The number of hydrogen-bond donors (Lipinski definition) is 1. The van der Waals surface area contributed by atoms with Crippen LogP contribution in [-0.4, -0.2) is 11.1 Å². The molecule has 0 spiro atoms. The molecular formula is C16H13FO3. The van der Waals surface area contributed by atoms with Crippen molar-refractivity contribution in [1.29, 1.82) is 0 Å². The number of rotatable bonds is 4. The lowest BCUT2D eigenvalue weighted by molar-refractivity contribution is -0.132. The van der Waals surface area contributed by atoms with Crippen LogP contribution in [0, 0.1) is 5.82 Å². The fourth-order valence-electron chi connectivity index (χ4n) is 1.58. The van der Waals surface area contributed by atoms with Gasteiger partial charge < -0.3 is 9.84 Å². The summed E-state index contributed by atoms with van der Waals surface area (Å²) >= 11 is 0. The quantitative estimate of drug-likeness (QED) is 0.852. The molecule has 0 atom stereocenters. The molecule has 0 bridgehead atoms. The zero-order valence-electron chi connectivity index (χ0n) is 10.8. The minimum Gasteiger partial charge on any atom is -0.478 e. The van der Waals surface area contributed by atoms with E-state index in [1.54, 1.807) is 30.3 Å². The summed E-state index contributed by atoms with van der Waals surface area (Å²) in [6.07, 6.45) is 1.57. The van der Waals surface area contributed by atoms with E-state index in [-0.39, 0.29) is 11.4 Å². The Morgan fingerprint density at radius 1 is 1.05 bits per heavy atom. The highest BCUT2D eigenvalue weighted by Crippen LogP contribution is 2.22. The third-order valence-electron chi connectivity index (χ3n) is 2.65. The first kappa shape index (κ1) is 13.8. The lowest BCUT2D eigenvalue weighted by Crippen LogP contribution is -1.95. The lowest BCUT2D eigenvalue weighted by atomic mass is 10.1. The van der Waals surface area contributed by atoms with Gasteiger partial charge in [-0.25, -0.2) is 9.18 Å². The molecule has 0 saturated carbocycles. The fourth-order valence-corrected chi connectivity index (χ4v) is 1.58. The summed E-state index contributed by atoms with van der Waals surface area (Å²) in [7, 11) is 0. The van der Waals surface area contributed by atoms with Crippen LogP contribution in [0.15, 0.2) is 54.1 Å². The summed E-state index contributed by atoms with van der Waals surface area (Å²) in [6, 6.07) is 12.7. The molecule has 0 saturated heterocycles. The smallest absolute Gasteiger partial charge is 0.331 e. The van der Waals surface area contributed by atoms with E-state index in [1.165, 1.54) is 31.2 Å². The Balaban J connectivity index is 2.10. The minimum atomic E-state index is -0.948. The summed E-state index contributed by atoms with van der Waals surface area (Å²) in [5, 5.41) is 8.79. The highest BCUT2D eigenvalue weighted by atomic mass is 19.1. The van der Waals surface area contributed by atoms with Crippen LogP contribution >= 0.6 is 0 Å². The Morgan fingerprint density at radius 3 is 2.05 bits per heavy atom. The molecule has 1 N–H and O–H groups in total. The highest BCUT2D eigenvalue weighted by Gasteiger charge is 2.01. The molecular weight excluding hydrogens is 259 g/mol. The van der Waals surface area contributed by atoms with Gasteiger partial charge in [0.1, 0.15) is 17.3 Å². The molecule has 0 heterocycles. The topological polar surface area (TPSA) is 46.5 Å². The van der Waals surface area contributed by atoms with Gasteiger partial charge >= 0.3 is 5.97 Å². The van der Waals surface area contributed by atoms with Crippen LogP contribution in [0.4, 0.5) is 4.39 Å². The Labute approximate surface area is 115 Å². The van der Waals surface area contributed by atoms with E-state index in [9.17, 15) is 9.18 Å². The van der Waals surface area contributed by atoms with Crippen molar-refractivity contribution in [2.45, 2.75) is 6.92 Å². The van der Waals surface area contributed by atoms with Crippen LogP contribution in [0.5, 0.6) is 11.5 Å². The molecule has 0 aliphatic heterocycles. The Bertz CT molecular complexity index is 628. The van der Waals surface area contributed by atoms with E-state index in [4.69, 9.17) is 9.84 Å². The van der Waals surface area contributed by atoms with E-state index >= 15 is 0 Å². The molecule has 0 amide bonds. The molecule has 3 nitrogen and oxygen atoms in total. The molecule has 2 aromatic carbocycles. The number of hydrogen-bond acceptors (Lipinski definition) is 2. The van der Waals surface area contributed by atoms with Gasteiger partial charge in [0, 0.05) is 5.57 Å². The highest BCUT2D eigenvalue weighted by molar-refractivity contribution is 5.91. The van der Waals surface area contributed by atoms with Gasteiger partial charge in [-0.1, -0.05) is 12.1 Å². The Morgan fingerprint density at radius 2 is 1.55 bits per heavy atom. The van der Waals surface area contributed by atoms with Gasteiger partial charge in [-0.2, -0.15) is 0 Å². The third-order valence-corrected chi connectivity index (χ3v) is 2.65. The number of carboxylic acid groups (broad SMARTS) is 1.